The molecule has 1 heterocycles. The van der Waals surface area contributed by atoms with Gasteiger partial charge in [-0.3, -0.25) is 0 Å². The quantitative estimate of drug-likeness (QED) is 0.724. The second-order valence-electron chi connectivity index (χ2n) is 5.53. The topological polar surface area (TPSA) is 41.6 Å². The first kappa shape index (κ1) is 12.2. The molecule has 2 aromatic rings. The van der Waals surface area contributed by atoms with Crippen molar-refractivity contribution in [3.8, 4) is 6.07 Å². The van der Waals surface area contributed by atoms with E-state index in [-0.39, 0.29) is 0 Å². The summed E-state index contributed by atoms with van der Waals surface area (Å²) in [7, 11) is 2.08. The second-order valence-corrected chi connectivity index (χ2v) is 5.53. The van der Waals surface area contributed by atoms with E-state index in [0.717, 1.165) is 11.0 Å². The maximum absolute atomic E-state index is 9.00. The predicted octanol–water partition coefficient (Wildman–Crippen LogP) is 3.88. The van der Waals surface area contributed by atoms with Crippen LogP contribution < -0.4 is 0 Å². The van der Waals surface area contributed by atoms with E-state index >= 15 is 0 Å². The van der Waals surface area contributed by atoms with Gasteiger partial charge in [-0.05, 0) is 31.0 Å². The van der Waals surface area contributed by atoms with Gasteiger partial charge in [0, 0.05) is 13.0 Å². The lowest BCUT2D eigenvalue weighted by Crippen LogP contribution is -2.05. The van der Waals surface area contributed by atoms with Crippen molar-refractivity contribution < 1.29 is 0 Å². The van der Waals surface area contributed by atoms with Gasteiger partial charge >= 0.3 is 0 Å². The lowest BCUT2D eigenvalue weighted by molar-refractivity contribution is 0.546. The highest BCUT2D eigenvalue weighted by atomic mass is 15.1. The molecule has 19 heavy (non-hydrogen) atoms. The van der Waals surface area contributed by atoms with E-state index in [1.54, 1.807) is 0 Å². The molecule has 1 saturated carbocycles. The Balaban J connectivity index is 2.04. The fraction of sp³-hybridized carbons (Fsp3) is 0.500. The highest BCUT2D eigenvalue weighted by Crippen LogP contribution is 2.32. The molecule has 3 heteroatoms. The Morgan fingerprint density at radius 3 is 2.63 bits per heavy atom. The number of hydrogen-bond donors (Lipinski definition) is 0. The molecule has 0 unspecified atom stereocenters. The van der Waals surface area contributed by atoms with E-state index in [1.807, 2.05) is 18.2 Å². The maximum Gasteiger partial charge on any atom is 0.112 e. The third-order valence-corrected chi connectivity index (χ3v) is 4.26. The molecule has 3 nitrogen and oxygen atoms in total. The fourth-order valence-electron chi connectivity index (χ4n) is 3.18. The molecule has 0 radical (unpaired) electrons. The van der Waals surface area contributed by atoms with Crippen LogP contribution >= 0.6 is 0 Å². The Morgan fingerprint density at radius 2 is 1.95 bits per heavy atom. The molecule has 3 rings (SSSR count). The largest absolute Gasteiger partial charge is 0.331 e. The molecule has 0 saturated heterocycles. The van der Waals surface area contributed by atoms with E-state index in [4.69, 9.17) is 10.2 Å². The zero-order valence-corrected chi connectivity index (χ0v) is 11.4. The molecular weight excluding hydrogens is 234 g/mol. The second kappa shape index (κ2) is 5.05. The van der Waals surface area contributed by atoms with E-state index in [2.05, 4.69) is 17.7 Å². The van der Waals surface area contributed by atoms with Gasteiger partial charge in [-0.25, -0.2) is 4.98 Å². The van der Waals surface area contributed by atoms with Gasteiger partial charge < -0.3 is 4.57 Å². The van der Waals surface area contributed by atoms with Crippen LogP contribution in [0, 0.1) is 11.3 Å². The van der Waals surface area contributed by atoms with Crippen molar-refractivity contribution in [1.29, 1.82) is 5.26 Å². The normalized spacial score (nSPS) is 17.3. The first-order valence-electron chi connectivity index (χ1n) is 7.16. The van der Waals surface area contributed by atoms with Gasteiger partial charge in [0.05, 0.1) is 22.7 Å². The molecule has 0 amide bonds. The van der Waals surface area contributed by atoms with Gasteiger partial charge in [0.15, 0.2) is 0 Å². The molecular formula is C16H19N3. The Morgan fingerprint density at radius 1 is 1.21 bits per heavy atom. The van der Waals surface area contributed by atoms with Crippen molar-refractivity contribution in [2.45, 2.75) is 44.4 Å². The first-order valence-corrected chi connectivity index (χ1v) is 7.16. The summed E-state index contributed by atoms with van der Waals surface area (Å²) in [5.41, 5.74) is 2.81. The minimum atomic E-state index is 0.588. The monoisotopic (exact) mass is 253 g/mol. The highest BCUT2D eigenvalue weighted by molar-refractivity contribution is 5.77. The molecule has 0 spiro atoms. The number of nitrogens with zero attached hydrogens (tertiary/aromatic N) is 3. The summed E-state index contributed by atoms with van der Waals surface area (Å²) in [5, 5.41) is 9.00. The summed E-state index contributed by atoms with van der Waals surface area (Å²) in [5.74, 6) is 1.79. The predicted molar refractivity (Wildman–Crippen MR) is 75.9 cm³/mol. The van der Waals surface area contributed by atoms with Crippen molar-refractivity contribution in [1.82, 2.24) is 9.55 Å². The molecule has 1 fully saturated rings. The highest BCUT2D eigenvalue weighted by Gasteiger charge is 2.20. The Labute approximate surface area is 113 Å². The number of hydrogen-bond acceptors (Lipinski definition) is 2. The minimum Gasteiger partial charge on any atom is -0.331 e. The van der Waals surface area contributed by atoms with Crippen LogP contribution in [0.3, 0.4) is 0 Å². The van der Waals surface area contributed by atoms with E-state index < -0.39 is 0 Å². The lowest BCUT2D eigenvalue weighted by Gasteiger charge is -2.13. The van der Waals surface area contributed by atoms with Crippen LogP contribution in [-0.2, 0) is 7.05 Å². The zero-order chi connectivity index (χ0) is 13.2. The van der Waals surface area contributed by atoms with Crippen LogP contribution in [0.25, 0.3) is 11.0 Å². The summed E-state index contributed by atoms with van der Waals surface area (Å²) in [6, 6.07) is 7.97. The molecule has 1 aromatic heterocycles. The SMILES string of the molecule is Cn1c(C2CCCCCC2)nc2ccc(C#N)cc21. The summed E-state index contributed by atoms with van der Waals surface area (Å²) < 4.78 is 2.19. The molecule has 0 aliphatic heterocycles. The summed E-state index contributed by atoms with van der Waals surface area (Å²) in [4.78, 5) is 4.81. The number of fused-ring (bicyclic) bond motifs is 1. The van der Waals surface area contributed by atoms with Crippen LogP contribution in [0.1, 0.15) is 55.8 Å². The molecule has 98 valence electrons. The molecule has 0 N–H and O–H groups in total. The Hall–Kier alpha value is -1.82. The van der Waals surface area contributed by atoms with Crippen molar-refractivity contribution in [2.75, 3.05) is 0 Å². The van der Waals surface area contributed by atoms with Gasteiger partial charge in [0.25, 0.3) is 0 Å². The molecule has 1 aliphatic carbocycles. The number of aryl methyl sites for hydroxylation is 1. The zero-order valence-electron chi connectivity index (χ0n) is 11.4. The van der Waals surface area contributed by atoms with Crippen LogP contribution in [0.5, 0.6) is 0 Å². The number of rotatable bonds is 1. The van der Waals surface area contributed by atoms with Gasteiger partial charge in [-0.15, -0.1) is 0 Å². The van der Waals surface area contributed by atoms with Gasteiger partial charge in [-0.1, -0.05) is 25.7 Å². The van der Waals surface area contributed by atoms with Crippen molar-refractivity contribution in [3.63, 3.8) is 0 Å². The molecule has 1 aromatic carbocycles. The molecule has 0 bridgehead atoms. The van der Waals surface area contributed by atoms with Crippen LogP contribution in [0.15, 0.2) is 18.2 Å². The van der Waals surface area contributed by atoms with Crippen molar-refractivity contribution in [2.24, 2.45) is 7.05 Å². The maximum atomic E-state index is 9.00. The smallest absolute Gasteiger partial charge is 0.112 e. The third kappa shape index (κ3) is 2.23. The third-order valence-electron chi connectivity index (χ3n) is 4.26. The van der Waals surface area contributed by atoms with Crippen molar-refractivity contribution >= 4 is 11.0 Å². The molecule has 1 aliphatic rings. The van der Waals surface area contributed by atoms with E-state index in [9.17, 15) is 0 Å². The van der Waals surface area contributed by atoms with Crippen molar-refractivity contribution in [3.05, 3.63) is 29.6 Å². The molecule has 0 atom stereocenters. The number of nitriles is 1. The number of benzene rings is 1. The summed E-state index contributed by atoms with van der Waals surface area (Å²) in [6.07, 6.45) is 7.86. The lowest BCUT2D eigenvalue weighted by atomic mass is 10.00. The standard InChI is InChI=1S/C16H19N3/c1-19-15-10-12(11-17)8-9-14(15)18-16(19)13-6-4-2-3-5-7-13/h8-10,13H,2-7H2,1H3. The Kier molecular flexibility index (Phi) is 3.25. The van der Waals surface area contributed by atoms with Crippen LogP contribution in [0.2, 0.25) is 0 Å². The number of aromatic nitrogens is 2. The number of imidazole rings is 1. The van der Waals surface area contributed by atoms with Crippen LogP contribution in [0.4, 0.5) is 0 Å². The minimum absolute atomic E-state index is 0.588. The van der Waals surface area contributed by atoms with E-state index in [0.29, 0.717) is 11.5 Å². The van der Waals surface area contributed by atoms with Gasteiger partial charge in [0.2, 0.25) is 0 Å². The summed E-state index contributed by atoms with van der Waals surface area (Å²) in [6.45, 7) is 0. The first-order chi connectivity index (χ1) is 9.29. The van der Waals surface area contributed by atoms with E-state index in [1.165, 1.54) is 44.3 Å². The summed E-state index contributed by atoms with van der Waals surface area (Å²) >= 11 is 0. The van der Waals surface area contributed by atoms with Gasteiger partial charge in [0.1, 0.15) is 5.82 Å². The average Bonchev–Trinajstić information content (AvgIpc) is 2.64. The fourth-order valence-corrected chi connectivity index (χ4v) is 3.18. The van der Waals surface area contributed by atoms with Crippen LogP contribution in [-0.4, -0.2) is 9.55 Å². The van der Waals surface area contributed by atoms with Gasteiger partial charge in [-0.2, -0.15) is 5.26 Å². The Bertz CT molecular complexity index is 625. The average molecular weight is 253 g/mol.